The van der Waals surface area contributed by atoms with E-state index in [1.807, 2.05) is 25.3 Å². The summed E-state index contributed by atoms with van der Waals surface area (Å²) in [5.41, 5.74) is 1.09. The number of pyridine rings is 1. The Morgan fingerprint density at radius 1 is 1.28 bits per heavy atom. The molecule has 0 atom stereocenters. The topological polar surface area (TPSA) is 34.1 Å². The van der Waals surface area contributed by atoms with Crippen LogP contribution in [0, 0.1) is 5.92 Å². The molecule has 0 aliphatic heterocycles. The van der Waals surface area contributed by atoms with Crippen molar-refractivity contribution in [2.24, 2.45) is 5.92 Å². The van der Waals surface area contributed by atoms with Gasteiger partial charge in [0.05, 0.1) is 18.5 Å². The molecule has 3 nitrogen and oxygen atoms in total. The lowest BCUT2D eigenvalue weighted by atomic mass is 9.87. The maximum atomic E-state index is 5.32. The molecule has 1 saturated carbocycles. The first-order valence-corrected chi connectivity index (χ1v) is 7.21. The third kappa shape index (κ3) is 4.21. The molecule has 0 bridgehead atoms. The van der Waals surface area contributed by atoms with Crippen molar-refractivity contribution in [1.82, 2.24) is 4.98 Å². The minimum atomic E-state index is 0.668. The molecule has 1 aromatic rings. The minimum Gasteiger partial charge on any atom is -0.478 e. The molecule has 1 heterocycles. The van der Waals surface area contributed by atoms with E-state index in [1.165, 1.54) is 38.5 Å². The van der Waals surface area contributed by atoms with Crippen LogP contribution in [0.15, 0.2) is 18.3 Å². The zero-order valence-electron chi connectivity index (χ0n) is 11.3. The van der Waals surface area contributed by atoms with Crippen LogP contribution in [0.5, 0.6) is 5.88 Å². The van der Waals surface area contributed by atoms with Gasteiger partial charge in [0.1, 0.15) is 0 Å². The summed E-state index contributed by atoms with van der Waals surface area (Å²) in [4.78, 5) is 4.25. The summed E-state index contributed by atoms with van der Waals surface area (Å²) in [5, 5.41) is 3.44. The van der Waals surface area contributed by atoms with Gasteiger partial charge in [-0.05, 0) is 25.3 Å². The van der Waals surface area contributed by atoms with Crippen molar-refractivity contribution in [3.05, 3.63) is 18.3 Å². The Morgan fingerprint density at radius 2 is 2.11 bits per heavy atom. The van der Waals surface area contributed by atoms with Gasteiger partial charge >= 0.3 is 0 Å². The molecule has 0 saturated heterocycles. The molecule has 0 radical (unpaired) electrons. The highest BCUT2D eigenvalue weighted by Gasteiger charge is 2.12. The maximum absolute atomic E-state index is 5.32. The average Bonchev–Trinajstić information content (AvgIpc) is 2.42. The van der Waals surface area contributed by atoms with Gasteiger partial charge in [-0.1, -0.05) is 32.1 Å². The second-order valence-electron chi connectivity index (χ2n) is 5.04. The Balaban J connectivity index is 1.69. The van der Waals surface area contributed by atoms with E-state index >= 15 is 0 Å². The maximum Gasteiger partial charge on any atom is 0.213 e. The number of hydrogen-bond acceptors (Lipinski definition) is 3. The van der Waals surface area contributed by atoms with Gasteiger partial charge in [0, 0.05) is 12.6 Å². The summed E-state index contributed by atoms with van der Waals surface area (Å²) >= 11 is 0. The fourth-order valence-corrected chi connectivity index (χ4v) is 2.61. The van der Waals surface area contributed by atoms with E-state index < -0.39 is 0 Å². The van der Waals surface area contributed by atoms with Crippen LogP contribution >= 0.6 is 0 Å². The highest BCUT2D eigenvalue weighted by atomic mass is 16.5. The summed E-state index contributed by atoms with van der Waals surface area (Å²) in [5.74, 6) is 1.64. The normalized spacial score (nSPS) is 16.5. The summed E-state index contributed by atoms with van der Waals surface area (Å²) < 4.78 is 5.32. The predicted octanol–water partition coefficient (Wildman–Crippen LogP) is 3.86. The van der Waals surface area contributed by atoms with E-state index in [0.717, 1.165) is 18.2 Å². The van der Waals surface area contributed by atoms with Gasteiger partial charge in [0.25, 0.3) is 0 Å². The number of hydrogen-bond donors (Lipinski definition) is 1. The number of nitrogens with one attached hydrogen (secondary N) is 1. The molecule has 0 spiro atoms. The summed E-state index contributed by atoms with van der Waals surface area (Å²) in [7, 11) is 0. The Bertz CT molecular complexity index is 331. The molecule has 3 heteroatoms. The Labute approximate surface area is 110 Å². The molecule has 0 amide bonds. The predicted molar refractivity (Wildman–Crippen MR) is 75.1 cm³/mol. The fraction of sp³-hybridized carbons (Fsp3) is 0.667. The first kappa shape index (κ1) is 13.2. The molecular weight excluding hydrogens is 224 g/mol. The van der Waals surface area contributed by atoms with Crippen molar-refractivity contribution in [2.45, 2.75) is 45.4 Å². The van der Waals surface area contributed by atoms with Crippen LogP contribution in [0.1, 0.15) is 45.4 Å². The lowest BCUT2D eigenvalue weighted by Crippen LogP contribution is -2.12. The molecule has 18 heavy (non-hydrogen) atoms. The van der Waals surface area contributed by atoms with Crippen molar-refractivity contribution in [1.29, 1.82) is 0 Å². The summed E-state index contributed by atoms with van der Waals surface area (Å²) in [6, 6.07) is 3.96. The van der Waals surface area contributed by atoms with Gasteiger partial charge in [-0.25, -0.2) is 4.98 Å². The van der Waals surface area contributed by atoms with Crippen LogP contribution < -0.4 is 10.1 Å². The molecule has 1 aromatic heterocycles. The highest BCUT2D eigenvalue weighted by molar-refractivity contribution is 5.41. The average molecular weight is 248 g/mol. The quantitative estimate of drug-likeness (QED) is 0.830. The molecule has 100 valence electrons. The van der Waals surface area contributed by atoms with Crippen LogP contribution in [0.2, 0.25) is 0 Å². The Morgan fingerprint density at radius 3 is 2.78 bits per heavy atom. The van der Waals surface area contributed by atoms with Crippen molar-refractivity contribution >= 4 is 5.69 Å². The monoisotopic (exact) mass is 248 g/mol. The van der Waals surface area contributed by atoms with Gasteiger partial charge in [-0.2, -0.15) is 0 Å². The van der Waals surface area contributed by atoms with Gasteiger partial charge in [0.15, 0.2) is 0 Å². The van der Waals surface area contributed by atoms with Crippen LogP contribution in [0.4, 0.5) is 5.69 Å². The molecule has 1 aliphatic carbocycles. The van der Waals surface area contributed by atoms with Crippen LogP contribution in [0.25, 0.3) is 0 Å². The number of ether oxygens (including phenoxy) is 1. The first-order valence-electron chi connectivity index (χ1n) is 7.21. The molecule has 0 unspecified atom stereocenters. The summed E-state index contributed by atoms with van der Waals surface area (Å²) in [6.45, 7) is 3.69. The van der Waals surface area contributed by atoms with Gasteiger partial charge in [0.2, 0.25) is 5.88 Å². The second-order valence-corrected chi connectivity index (χ2v) is 5.04. The molecule has 0 aromatic carbocycles. The van der Waals surface area contributed by atoms with Crippen molar-refractivity contribution < 1.29 is 4.74 Å². The molecule has 1 fully saturated rings. The third-order valence-corrected chi connectivity index (χ3v) is 3.64. The van der Waals surface area contributed by atoms with E-state index in [1.54, 1.807) is 0 Å². The zero-order chi connectivity index (χ0) is 12.6. The van der Waals surface area contributed by atoms with Gasteiger partial charge in [-0.3, -0.25) is 0 Å². The molecule has 2 rings (SSSR count). The SMILES string of the molecule is CCOc1ccc(NCCC2CCCCC2)cn1. The minimum absolute atomic E-state index is 0.668. The number of nitrogens with zero attached hydrogens (tertiary/aromatic N) is 1. The van der Waals surface area contributed by atoms with Crippen molar-refractivity contribution in [2.75, 3.05) is 18.5 Å². The Kier molecular flexibility index (Phi) is 5.31. The lowest BCUT2D eigenvalue weighted by Gasteiger charge is -2.21. The highest BCUT2D eigenvalue weighted by Crippen LogP contribution is 2.26. The van der Waals surface area contributed by atoms with Crippen molar-refractivity contribution in [3.8, 4) is 5.88 Å². The van der Waals surface area contributed by atoms with E-state index in [0.29, 0.717) is 12.5 Å². The lowest BCUT2D eigenvalue weighted by molar-refractivity contribution is 0.327. The van der Waals surface area contributed by atoms with E-state index in [4.69, 9.17) is 4.74 Å². The fourth-order valence-electron chi connectivity index (χ4n) is 2.61. The van der Waals surface area contributed by atoms with Crippen LogP contribution in [0.3, 0.4) is 0 Å². The van der Waals surface area contributed by atoms with Gasteiger partial charge in [-0.15, -0.1) is 0 Å². The van der Waals surface area contributed by atoms with E-state index in [-0.39, 0.29) is 0 Å². The van der Waals surface area contributed by atoms with Gasteiger partial charge < -0.3 is 10.1 Å². The molecule has 1 N–H and O–H groups in total. The first-order chi connectivity index (χ1) is 8.88. The van der Waals surface area contributed by atoms with Crippen LogP contribution in [-0.2, 0) is 0 Å². The number of anilines is 1. The van der Waals surface area contributed by atoms with E-state index in [9.17, 15) is 0 Å². The third-order valence-electron chi connectivity index (χ3n) is 3.64. The standard InChI is InChI=1S/C15H24N2O/c1-2-18-15-9-8-14(12-17-15)16-11-10-13-6-4-3-5-7-13/h8-9,12-13,16H,2-7,10-11H2,1H3. The second kappa shape index (κ2) is 7.24. The Hall–Kier alpha value is -1.25. The smallest absolute Gasteiger partial charge is 0.213 e. The summed E-state index contributed by atoms with van der Waals surface area (Å²) in [6.07, 6.45) is 10.3. The van der Waals surface area contributed by atoms with Crippen LogP contribution in [-0.4, -0.2) is 18.1 Å². The van der Waals surface area contributed by atoms with Crippen molar-refractivity contribution in [3.63, 3.8) is 0 Å². The largest absolute Gasteiger partial charge is 0.478 e. The zero-order valence-corrected chi connectivity index (χ0v) is 11.3. The number of aromatic nitrogens is 1. The number of rotatable bonds is 6. The molecular formula is C15H24N2O. The van der Waals surface area contributed by atoms with E-state index in [2.05, 4.69) is 10.3 Å². The molecule has 1 aliphatic rings.